The normalized spacial score (nSPS) is 11.2. The molecule has 33 heavy (non-hydrogen) atoms. The van der Waals surface area contributed by atoms with Crippen LogP contribution in [0.1, 0.15) is 62.8 Å². The second-order valence-electron chi connectivity index (χ2n) is 8.58. The zero-order chi connectivity index (χ0) is 25.2. The molecule has 1 heteroatoms. The van der Waals surface area contributed by atoms with Crippen molar-refractivity contribution in [3.05, 3.63) is 118 Å². The molecule has 0 unspecified atom stereocenters. The Morgan fingerprint density at radius 3 is 1.67 bits per heavy atom. The maximum Gasteiger partial charge on any atom is 0.0345 e. The summed E-state index contributed by atoms with van der Waals surface area (Å²) in [7, 11) is 1.85. The third-order valence-electron chi connectivity index (χ3n) is 5.11. The van der Waals surface area contributed by atoms with Crippen molar-refractivity contribution in [3.63, 3.8) is 0 Å². The van der Waals surface area contributed by atoms with Gasteiger partial charge in [-0.3, -0.25) is 4.99 Å². The number of benzene rings is 2. The average molecular weight is 444 g/mol. The molecule has 0 aliphatic heterocycles. The molecule has 0 fully saturated rings. The molecular formula is C32H45N. The highest BCUT2D eigenvalue weighted by atomic mass is 14.7. The number of rotatable bonds is 6. The summed E-state index contributed by atoms with van der Waals surface area (Å²) in [5.41, 5.74) is 10.5. The molecule has 0 bridgehead atoms. The lowest BCUT2D eigenvalue weighted by molar-refractivity contribution is 0.962. The van der Waals surface area contributed by atoms with Crippen LogP contribution in [-0.2, 0) is 0 Å². The molecule has 0 atom stereocenters. The third-order valence-corrected chi connectivity index (χ3v) is 5.11. The Hall–Kier alpha value is -2.93. The van der Waals surface area contributed by atoms with E-state index in [1.807, 2.05) is 44.3 Å². The van der Waals surface area contributed by atoms with Crippen molar-refractivity contribution in [3.8, 4) is 0 Å². The Morgan fingerprint density at radius 1 is 0.818 bits per heavy atom. The molecule has 2 rings (SSSR count). The lowest BCUT2D eigenvalue weighted by Crippen LogP contribution is -2.00. The Bertz CT molecular complexity index is 899. The number of allylic oxidation sites excluding steroid dienone is 7. The van der Waals surface area contributed by atoms with Crippen LogP contribution in [0.25, 0.3) is 0 Å². The predicted octanol–water partition coefficient (Wildman–Crippen LogP) is 9.49. The van der Waals surface area contributed by atoms with Gasteiger partial charge in [0.15, 0.2) is 0 Å². The first-order valence-corrected chi connectivity index (χ1v) is 11.8. The number of aryl methyl sites for hydroxylation is 4. The van der Waals surface area contributed by atoms with Crippen LogP contribution < -0.4 is 0 Å². The van der Waals surface area contributed by atoms with E-state index in [1.54, 1.807) is 0 Å². The largest absolute Gasteiger partial charge is 0.293 e. The molecule has 2 aromatic carbocycles. The van der Waals surface area contributed by atoms with Gasteiger partial charge in [-0.25, -0.2) is 0 Å². The molecule has 0 aliphatic carbocycles. The average Bonchev–Trinajstić information content (AvgIpc) is 2.76. The number of hydrogen-bond acceptors (Lipinski definition) is 1. The van der Waals surface area contributed by atoms with Gasteiger partial charge in [-0.1, -0.05) is 107 Å². The summed E-state index contributed by atoms with van der Waals surface area (Å²) in [6.45, 7) is 20.7. The van der Waals surface area contributed by atoms with Crippen LogP contribution in [0.5, 0.6) is 0 Å². The van der Waals surface area contributed by atoms with Crippen molar-refractivity contribution in [1.82, 2.24) is 0 Å². The van der Waals surface area contributed by atoms with Crippen molar-refractivity contribution >= 4 is 5.71 Å². The van der Waals surface area contributed by atoms with Gasteiger partial charge in [0.25, 0.3) is 0 Å². The van der Waals surface area contributed by atoms with Crippen LogP contribution in [0, 0.1) is 27.7 Å². The SMILES string of the molecule is C=C/C(=C\C=C/C)CCC(C(C)=NC)=C(C)C.Cc1cc(C)cc(C)c1.Cc1ccccc1. The van der Waals surface area contributed by atoms with Crippen molar-refractivity contribution in [2.75, 3.05) is 7.05 Å². The van der Waals surface area contributed by atoms with E-state index >= 15 is 0 Å². The van der Waals surface area contributed by atoms with Crippen molar-refractivity contribution in [2.24, 2.45) is 4.99 Å². The lowest BCUT2D eigenvalue weighted by Gasteiger charge is -2.10. The monoisotopic (exact) mass is 443 g/mol. The first-order chi connectivity index (χ1) is 15.6. The molecule has 0 aliphatic rings. The van der Waals surface area contributed by atoms with Gasteiger partial charge in [0.1, 0.15) is 0 Å². The van der Waals surface area contributed by atoms with E-state index in [4.69, 9.17) is 0 Å². The van der Waals surface area contributed by atoms with Gasteiger partial charge in [-0.2, -0.15) is 0 Å². The Kier molecular flexibility index (Phi) is 16.0. The highest BCUT2D eigenvalue weighted by Gasteiger charge is 2.04. The molecule has 0 spiro atoms. The Balaban J connectivity index is 0.000000526. The fraction of sp³-hybridized carbons (Fsp3) is 0.344. The molecule has 0 aromatic heterocycles. The van der Waals surface area contributed by atoms with Crippen molar-refractivity contribution in [2.45, 2.75) is 68.2 Å². The van der Waals surface area contributed by atoms with Crippen LogP contribution in [0.2, 0.25) is 0 Å². The van der Waals surface area contributed by atoms with E-state index in [0.717, 1.165) is 18.6 Å². The molecular weight excluding hydrogens is 398 g/mol. The highest BCUT2D eigenvalue weighted by Crippen LogP contribution is 2.17. The van der Waals surface area contributed by atoms with Gasteiger partial charge in [-0.15, -0.1) is 0 Å². The summed E-state index contributed by atoms with van der Waals surface area (Å²) in [6, 6.07) is 16.8. The number of aliphatic imine (C=N–C) groups is 1. The summed E-state index contributed by atoms with van der Waals surface area (Å²) in [4.78, 5) is 4.28. The van der Waals surface area contributed by atoms with Gasteiger partial charge < -0.3 is 0 Å². The fourth-order valence-corrected chi connectivity index (χ4v) is 3.41. The summed E-state index contributed by atoms with van der Waals surface area (Å²) < 4.78 is 0. The summed E-state index contributed by atoms with van der Waals surface area (Å²) in [5, 5.41) is 0. The molecule has 0 saturated heterocycles. The van der Waals surface area contributed by atoms with E-state index in [2.05, 4.69) is 103 Å². The minimum atomic E-state index is 1.02. The van der Waals surface area contributed by atoms with Crippen molar-refractivity contribution < 1.29 is 0 Å². The van der Waals surface area contributed by atoms with E-state index in [1.165, 1.54) is 39.0 Å². The van der Waals surface area contributed by atoms with Crippen LogP contribution in [-0.4, -0.2) is 12.8 Å². The Labute approximate surface area is 204 Å². The predicted molar refractivity (Wildman–Crippen MR) is 152 cm³/mol. The topological polar surface area (TPSA) is 12.4 Å². The second-order valence-corrected chi connectivity index (χ2v) is 8.58. The van der Waals surface area contributed by atoms with Crippen LogP contribution >= 0.6 is 0 Å². The van der Waals surface area contributed by atoms with Crippen LogP contribution in [0.4, 0.5) is 0 Å². The summed E-state index contributed by atoms with van der Waals surface area (Å²) >= 11 is 0. The molecule has 0 amide bonds. The summed E-state index contributed by atoms with van der Waals surface area (Å²) in [5.74, 6) is 0. The number of nitrogens with zero attached hydrogens (tertiary/aromatic N) is 1. The fourth-order valence-electron chi connectivity index (χ4n) is 3.41. The molecule has 0 radical (unpaired) electrons. The van der Waals surface area contributed by atoms with Gasteiger partial charge >= 0.3 is 0 Å². The van der Waals surface area contributed by atoms with Gasteiger partial charge in [0, 0.05) is 12.8 Å². The van der Waals surface area contributed by atoms with Gasteiger partial charge in [-0.05, 0) is 79.4 Å². The minimum Gasteiger partial charge on any atom is -0.293 e. The first-order valence-electron chi connectivity index (χ1n) is 11.8. The van der Waals surface area contributed by atoms with E-state index in [-0.39, 0.29) is 0 Å². The van der Waals surface area contributed by atoms with E-state index < -0.39 is 0 Å². The van der Waals surface area contributed by atoms with Gasteiger partial charge in [0.05, 0.1) is 0 Å². The van der Waals surface area contributed by atoms with E-state index in [0.29, 0.717) is 0 Å². The third kappa shape index (κ3) is 14.7. The second kappa shape index (κ2) is 17.6. The van der Waals surface area contributed by atoms with E-state index in [9.17, 15) is 0 Å². The maximum absolute atomic E-state index is 4.28. The molecule has 2 aromatic rings. The van der Waals surface area contributed by atoms with Crippen LogP contribution in [0.15, 0.2) is 101 Å². The molecule has 0 N–H and O–H groups in total. The minimum absolute atomic E-state index is 1.02. The number of hydrogen-bond donors (Lipinski definition) is 0. The highest BCUT2D eigenvalue weighted by molar-refractivity contribution is 5.98. The lowest BCUT2D eigenvalue weighted by atomic mass is 9.97. The van der Waals surface area contributed by atoms with Crippen LogP contribution in [0.3, 0.4) is 0 Å². The Morgan fingerprint density at radius 2 is 1.33 bits per heavy atom. The standard InChI is InChI=1S/C16H25N.C9H12.C7H8/c1-7-9-10-15(8-2)11-12-16(13(3)4)14(5)17-6;1-7-4-8(2)6-9(3)5-7;1-7-5-3-2-4-6-7/h7-10H,2,11-12H2,1,3-6H3;4-6H,1-3H3;2-6H,1H3/b9-7-,15-10+,17-14?;;. The smallest absolute Gasteiger partial charge is 0.0345 e. The quantitative estimate of drug-likeness (QED) is 0.311. The zero-order valence-electron chi connectivity index (χ0n) is 22.5. The zero-order valence-corrected chi connectivity index (χ0v) is 22.5. The van der Waals surface area contributed by atoms with Crippen molar-refractivity contribution in [1.29, 1.82) is 0 Å². The molecule has 0 heterocycles. The summed E-state index contributed by atoms with van der Waals surface area (Å²) in [6.07, 6.45) is 10.2. The maximum atomic E-state index is 4.28. The molecule has 0 saturated carbocycles. The van der Waals surface area contributed by atoms with Gasteiger partial charge in [0.2, 0.25) is 0 Å². The molecule has 178 valence electrons. The molecule has 1 nitrogen and oxygen atoms in total. The first kappa shape index (κ1) is 30.1.